The van der Waals surface area contributed by atoms with Crippen molar-refractivity contribution < 1.29 is 27.8 Å². The molecule has 0 saturated carbocycles. The lowest BCUT2D eigenvalue weighted by Crippen LogP contribution is -2.49. The lowest BCUT2D eigenvalue weighted by molar-refractivity contribution is -0.149. The Kier molecular flexibility index (Phi) is 4.62. The van der Waals surface area contributed by atoms with Gasteiger partial charge in [-0.3, -0.25) is 4.79 Å². The van der Waals surface area contributed by atoms with Crippen LogP contribution in [0.5, 0.6) is 0 Å². The van der Waals surface area contributed by atoms with Crippen molar-refractivity contribution in [2.45, 2.75) is 43.6 Å². The van der Waals surface area contributed by atoms with Crippen molar-refractivity contribution in [1.82, 2.24) is 9.12 Å². The average Bonchev–Trinajstić information content (AvgIpc) is 3.23. The van der Waals surface area contributed by atoms with Crippen LogP contribution in [0.2, 0.25) is 6.82 Å². The molecule has 1 N–H and O–H groups in total. The molecule has 1 aromatic carbocycles. The molecule has 3 rings (SSSR count). The van der Waals surface area contributed by atoms with Crippen LogP contribution in [-0.4, -0.2) is 66.2 Å². The van der Waals surface area contributed by atoms with Crippen LogP contribution >= 0.6 is 0 Å². The van der Waals surface area contributed by atoms with Crippen LogP contribution in [0.15, 0.2) is 29.2 Å². The van der Waals surface area contributed by atoms with Gasteiger partial charge in [0.25, 0.3) is 0 Å². The maximum atomic E-state index is 12.9. The van der Waals surface area contributed by atoms with Gasteiger partial charge in [-0.15, -0.1) is 0 Å². The molecule has 2 heterocycles. The van der Waals surface area contributed by atoms with Crippen molar-refractivity contribution in [3.05, 3.63) is 29.8 Å². The van der Waals surface area contributed by atoms with E-state index in [1.807, 2.05) is 6.92 Å². The van der Waals surface area contributed by atoms with Crippen LogP contribution in [-0.2, 0) is 24.3 Å². The highest BCUT2D eigenvalue weighted by molar-refractivity contribution is 7.89. The molecule has 0 aromatic heterocycles. The third-order valence-electron chi connectivity index (χ3n) is 4.85. The number of rotatable bonds is 5. The highest BCUT2D eigenvalue weighted by Gasteiger charge is 2.71. The fourth-order valence-corrected chi connectivity index (χ4v) is 5.18. The van der Waals surface area contributed by atoms with Gasteiger partial charge in [-0.1, -0.05) is 17.7 Å². The van der Waals surface area contributed by atoms with E-state index in [0.717, 1.165) is 14.7 Å². The number of aryl methyl sites for hydroxylation is 1. The number of amides is 1. The highest BCUT2D eigenvalue weighted by Crippen LogP contribution is 2.48. The molecule has 1 unspecified atom stereocenters. The Labute approximate surface area is 152 Å². The number of nitrogens with zero attached hydrogens (tertiary/aromatic N) is 2. The van der Waals surface area contributed by atoms with E-state index in [-0.39, 0.29) is 24.5 Å². The van der Waals surface area contributed by atoms with Crippen molar-refractivity contribution in [3.63, 3.8) is 0 Å². The summed E-state index contributed by atoms with van der Waals surface area (Å²) in [5.41, 5.74) is -0.401. The van der Waals surface area contributed by atoms with E-state index < -0.39 is 40.5 Å². The molecule has 1 aromatic rings. The van der Waals surface area contributed by atoms with Crippen LogP contribution in [0.4, 0.5) is 0 Å². The van der Waals surface area contributed by atoms with Crippen molar-refractivity contribution in [1.29, 1.82) is 0 Å². The molecule has 3 atom stereocenters. The summed E-state index contributed by atoms with van der Waals surface area (Å²) in [6.45, 7) is 4.98. The minimum Gasteiger partial charge on any atom is -0.464 e. The van der Waals surface area contributed by atoms with E-state index in [1.165, 1.54) is 19.0 Å². The fourth-order valence-electron chi connectivity index (χ4n) is 3.45. The van der Waals surface area contributed by atoms with Crippen LogP contribution < -0.4 is 0 Å². The molecule has 140 valence electrons. The zero-order valence-electron chi connectivity index (χ0n) is 14.9. The van der Waals surface area contributed by atoms with Gasteiger partial charge in [0.05, 0.1) is 11.5 Å². The van der Waals surface area contributed by atoms with Crippen molar-refractivity contribution in [2.24, 2.45) is 0 Å². The second kappa shape index (κ2) is 6.36. The SMILES string of the molecule is CCOC(=O)[C@@H]1C[C@@]2(CN2S(=O)(=O)c2ccc(C)cc2)C(=O)N1B(C)O. The van der Waals surface area contributed by atoms with E-state index in [0.29, 0.717) is 0 Å². The zero-order valence-corrected chi connectivity index (χ0v) is 15.7. The largest absolute Gasteiger partial charge is 0.464 e. The minimum atomic E-state index is -3.87. The fraction of sp³-hybridized carbons (Fsp3) is 0.500. The molecular weight excluding hydrogens is 359 g/mol. The summed E-state index contributed by atoms with van der Waals surface area (Å²) < 4.78 is 31.8. The summed E-state index contributed by atoms with van der Waals surface area (Å²) >= 11 is 0. The number of esters is 1. The van der Waals surface area contributed by atoms with Gasteiger partial charge in [-0.2, -0.15) is 4.31 Å². The van der Waals surface area contributed by atoms with Gasteiger partial charge < -0.3 is 14.6 Å². The smallest absolute Gasteiger partial charge is 0.412 e. The summed E-state index contributed by atoms with van der Waals surface area (Å²) in [7, 11) is -5.09. The van der Waals surface area contributed by atoms with Crippen LogP contribution in [0.3, 0.4) is 0 Å². The topological polar surface area (TPSA) is 104 Å². The summed E-state index contributed by atoms with van der Waals surface area (Å²) in [6, 6.07) is 5.35. The van der Waals surface area contributed by atoms with Crippen molar-refractivity contribution >= 4 is 29.0 Å². The van der Waals surface area contributed by atoms with E-state index in [4.69, 9.17) is 4.74 Å². The molecule has 1 amide bonds. The molecule has 2 aliphatic rings. The van der Waals surface area contributed by atoms with E-state index in [9.17, 15) is 23.0 Å². The standard InChI is InChI=1S/C16H21BN2O6S/c1-4-25-14(20)13-9-16(15(21)19(13)17(3)22)10-18(16)26(23,24)12-7-5-11(2)6-8-12/h5-8,13,22H,4,9-10H2,1-3H3/t13-,16+,18?/m0/s1. The Morgan fingerprint density at radius 3 is 2.54 bits per heavy atom. The lowest BCUT2D eigenvalue weighted by atomic mass is 9.84. The molecule has 2 fully saturated rings. The van der Waals surface area contributed by atoms with E-state index in [1.54, 1.807) is 19.1 Å². The molecule has 1 spiro atoms. The van der Waals surface area contributed by atoms with Crippen LogP contribution in [0.25, 0.3) is 0 Å². The van der Waals surface area contributed by atoms with E-state index >= 15 is 0 Å². The normalized spacial score (nSPS) is 27.7. The summed E-state index contributed by atoms with van der Waals surface area (Å²) in [5.74, 6) is -1.21. The number of hydrogen-bond donors (Lipinski definition) is 1. The molecular formula is C16H21BN2O6S. The van der Waals surface area contributed by atoms with Crippen LogP contribution in [0, 0.1) is 6.92 Å². The number of hydrogen-bond acceptors (Lipinski definition) is 6. The molecule has 2 aliphatic heterocycles. The third-order valence-corrected chi connectivity index (χ3v) is 6.78. The zero-order chi connectivity index (χ0) is 19.3. The Morgan fingerprint density at radius 2 is 2.00 bits per heavy atom. The minimum absolute atomic E-state index is 0.0127. The second-order valence-corrected chi connectivity index (χ2v) is 8.53. The second-order valence-electron chi connectivity index (χ2n) is 6.67. The molecule has 10 heteroatoms. The first kappa shape index (κ1) is 18.9. The Hall–Kier alpha value is -1.91. The van der Waals surface area contributed by atoms with Gasteiger partial charge in [0.15, 0.2) is 0 Å². The van der Waals surface area contributed by atoms with Gasteiger partial charge in [0, 0.05) is 13.0 Å². The molecule has 8 nitrogen and oxygen atoms in total. The van der Waals surface area contributed by atoms with Gasteiger partial charge in [-0.25, -0.2) is 13.2 Å². The maximum absolute atomic E-state index is 12.9. The summed E-state index contributed by atoms with van der Waals surface area (Å²) in [4.78, 5) is 26.1. The number of ether oxygens (including phenoxy) is 1. The Balaban J connectivity index is 1.91. The van der Waals surface area contributed by atoms with Crippen molar-refractivity contribution in [2.75, 3.05) is 13.2 Å². The number of carbonyl (C=O) groups is 2. The van der Waals surface area contributed by atoms with Gasteiger partial charge >= 0.3 is 13.0 Å². The molecule has 0 bridgehead atoms. The summed E-state index contributed by atoms with van der Waals surface area (Å²) in [5, 5.41) is 9.94. The van der Waals surface area contributed by atoms with Gasteiger partial charge in [0.2, 0.25) is 15.9 Å². The first-order valence-corrected chi connectivity index (χ1v) is 9.86. The number of carbonyl (C=O) groups excluding carboxylic acids is 2. The Morgan fingerprint density at radius 1 is 1.38 bits per heavy atom. The lowest BCUT2D eigenvalue weighted by Gasteiger charge is -2.23. The summed E-state index contributed by atoms with van der Waals surface area (Å²) in [6.07, 6.45) is -0.0271. The Bertz CT molecular complexity index is 841. The number of benzene rings is 1. The third kappa shape index (κ3) is 2.82. The van der Waals surface area contributed by atoms with Gasteiger partial charge in [0.1, 0.15) is 11.6 Å². The van der Waals surface area contributed by atoms with Gasteiger partial charge in [-0.05, 0) is 32.8 Å². The molecule has 0 aliphatic carbocycles. The number of sulfonamides is 1. The van der Waals surface area contributed by atoms with Crippen LogP contribution in [0.1, 0.15) is 18.9 Å². The van der Waals surface area contributed by atoms with E-state index in [2.05, 4.69) is 0 Å². The molecule has 2 saturated heterocycles. The quantitative estimate of drug-likeness (QED) is 0.439. The molecule has 26 heavy (non-hydrogen) atoms. The first-order valence-electron chi connectivity index (χ1n) is 8.42. The van der Waals surface area contributed by atoms with Crippen molar-refractivity contribution in [3.8, 4) is 0 Å². The first-order chi connectivity index (χ1) is 12.1. The maximum Gasteiger partial charge on any atom is 0.412 e. The predicted octanol–water partition coefficient (Wildman–Crippen LogP) is 0.0124. The molecule has 0 radical (unpaired) electrons. The average molecular weight is 380 g/mol. The highest BCUT2D eigenvalue weighted by atomic mass is 32.2. The monoisotopic (exact) mass is 380 g/mol. The predicted molar refractivity (Wildman–Crippen MR) is 93.5 cm³/mol.